The highest BCUT2D eigenvalue weighted by Crippen LogP contribution is 2.26. The van der Waals surface area contributed by atoms with E-state index in [2.05, 4.69) is 25.5 Å². The first-order chi connectivity index (χ1) is 13.7. The molecule has 1 fully saturated rings. The van der Waals surface area contributed by atoms with Gasteiger partial charge in [0, 0.05) is 40.8 Å². The number of nitrogens with one attached hydrogen (secondary N) is 2. The lowest BCUT2D eigenvalue weighted by molar-refractivity contribution is 0.0784. The highest BCUT2D eigenvalue weighted by Gasteiger charge is 2.31. The van der Waals surface area contributed by atoms with Gasteiger partial charge in [0.2, 0.25) is 0 Å². The molecule has 3 heterocycles. The van der Waals surface area contributed by atoms with Gasteiger partial charge < -0.3 is 10.2 Å². The molecular weight excluding hydrogens is 376 g/mol. The van der Waals surface area contributed by atoms with Crippen molar-refractivity contribution < 1.29 is 4.79 Å². The van der Waals surface area contributed by atoms with Crippen molar-refractivity contribution in [2.45, 2.75) is 38.1 Å². The van der Waals surface area contributed by atoms with Gasteiger partial charge in [-0.05, 0) is 50.3 Å². The largest absolute Gasteiger partial charge is 0.365 e. The van der Waals surface area contributed by atoms with Crippen molar-refractivity contribution in [2.24, 2.45) is 0 Å². The van der Waals surface area contributed by atoms with Crippen molar-refractivity contribution in [3.8, 4) is 0 Å². The van der Waals surface area contributed by atoms with Crippen LogP contribution in [0.1, 0.15) is 41.0 Å². The van der Waals surface area contributed by atoms with Crippen molar-refractivity contribution in [1.82, 2.24) is 25.1 Å². The molecule has 1 amide bonds. The number of likely N-dealkylation sites (tertiary alicyclic amines) is 1. The Morgan fingerprint density at radius 3 is 3.07 bits per heavy atom. The normalized spacial score (nSPS) is 19.0. The van der Waals surface area contributed by atoms with Gasteiger partial charge in [-0.2, -0.15) is 5.10 Å². The predicted molar refractivity (Wildman–Crippen MR) is 108 cm³/mol. The van der Waals surface area contributed by atoms with Gasteiger partial charge in [-0.3, -0.25) is 9.89 Å². The Morgan fingerprint density at radius 1 is 1.25 bits per heavy atom. The van der Waals surface area contributed by atoms with E-state index in [4.69, 9.17) is 11.6 Å². The summed E-state index contributed by atoms with van der Waals surface area (Å²) in [6.45, 7) is 1.35. The van der Waals surface area contributed by atoms with Crippen LogP contribution < -0.4 is 5.32 Å². The first-order valence-corrected chi connectivity index (χ1v) is 10.1. The molecule has 5 rings (SSSR count). The number of hydrogen-bond acceptors (Lipinski definition) is 5. The summed E-state index contributed by atoms with van der Waals surface area (Å²) in [5.41, 5.74) is 3.66. The first-order valence-electron chi connectivity index (χ1n) is 9.71. The lowest BCUT2D eigenvalue weighted by Crippen LogP contribution is -2.32. The molecule has 144 valence electrons. The van der Waals surface area contributed by atoms with E-state index >= 15 is 0 Å². The Hall–Kier alpha value is -2.67. The van der Waals surface area contributed by atoms with E-state index in [0.717, 1.165) is 60.1 Å². The molecule has 2 aliphatic rings. The van der Waals surface area contributed by atoms with Crippen LogP contribution in [0.15, 0.2) is 24.5 Å². The van der Waals surface area contributed by atoms with Gasteiger partial charge in [-0.25, -0.2) is 9.97 Å². The number of anilines is 1. The molecule has 1 saturated heterocycles. The third-order valence-corrected chi connectivity index (χ3v) is 5.91. The molecule has 0 radical (unpaired) electrons. The van der Waals surface area contributed by atoms with Crippen LogP contribution in [0.5, 0.6) is 0 Å². The van der Waals surface area contributed by atoms with Crippen molar-refractivity contribution in [3.63, 3.8) is 0 Å². The fourth-order valence-corrected chi connectivity index (χ4v) is 4.38. The van der Waals surface area contributed by atoms with Crippen LogP contribution in [0.4, 0.5) is 5.82 Å². The number of hydrogen-bond donors (Lipinski definition) is 2. The average Bonchev–Trinajstić information content (AvgIpc) is 3.34. The van der Waals surface area contributed by atoms with Gasteiger partial charge in [0.15, 0.2) is 5.69 Å². The van der Waals surface area contributed by atoms with Gasteiger partial charge in [0.05, 0.1) is 5.52 Å². The van der Waals surface area contributed by atoms with Crippen LogP contribution in [-0.2, 0) is 12.8 Å². The summed E-state index contributed by atoms with van der Waals surface area (Å²) >= 11 is 6.06. The second-order valence-electron chi connectivity index (χ2n) is 7.50. The molecule has 0 bridgehead atoms. The topological polar surface area (TPSA) is 86.8 Å². The summed E-state index contributed by atoms with van der Waals surface area (Å²) in [4.78, 5) is 23.6. The lowest BCUT2D eigenvalue weighted by atomic mass is 9.95. The molecule has 2 N–H and O–H groups in total. The number of H-pyrrole nitrogens is 1. The van der Waals surface area contributed by atoms with E-state index in [1.165, 1.54) is 6.33 Å². The fraction of sp³-hybridized carbons (Fsp3) is 0.400. The van der Waals surface area contributed by atoms with E-state index in [1.54, 1.807) is 0 Å². The number of aryl methyl sites for hydroxylation is 1. The van der Waals surface area contributed by atoms with E-state index < -0.39 is 0 Å². The zero-order chi connectivity index (χ0) is 19.1. The van der Waals surface area contributed by atoms with Crippen LogP contribution in [0, 0.1) is 0 Å². The Bertz CT molecular complexity index is 1050. The molecule has 0 spiro atoms. The van der Waals surface area contributed by atoms with Gasteiger partial charge in [-0.15, -0.1) is 0 Å². The molecule has 1 aliphatic carbocycles. The molecule has 28 heavy (non-hydrogen) atoms. The number of halogens is 1. The Kier molecular flexibility index (Phi) is 4.39. The molecule has 1 aromatic carbocycles. The fourth-order valence-electron chi connectivity index (χ4n) is 4.21. The quantitative estimate of drug-likeness (QED) is 0.709. The predicted octanol–water partition coefficient (Wildman–Crippen LogP) is 3.21. The van der Waals surface area contributed by atoms with Gasteiger partial charge >= 0.3 is 0 Å². The number of carbonyl (C=O) groups excluding carboxylic acids is 1. The molecular formula is C20H21ClN6O. The van der Waals surface area contributed by atoms with Crippen molar-refractivity contribution in [1.29, 1.82) is 0 Å². The maximum Gasteiger partial charge on any atom is 0.274 e. The number of fused-ring (bicyclic) bond motifs is 2. The van der Waals surface area contributed by atoms with E-state index in [-0.39, 0.29) is 11.9 Å². The number of aromatic nitrogens is 4. The van der Waals surface area contributed by atoms with Crippen molar-refractivity contribution >= 4 is 34.2 Å². The lowest BCUT2D eigenvalue weighted by Gasteiger charge is -2.18. The highest BCUT2D eigenvalue weighted by atomic mass is 35.5. The number of benzene rings is 1. The minimum atomic E-state index is 0.0306. The minimum Gasteiger partial charge on any atom is -0.365 e. The summed E-state index contributed by atoms with van der Waals surface area (Å²) in [6, 6.07) is 5.74. The summed E-state index contributed by atoms with van der Waals surface area (Å²) in [6.07, 6.45) is 6.63. The summed E-state index contributed by atoms with van der Waals surface area (Å²) < 4.78 is 0. The maximum absolute atomic E-state index is 13.0. The number of amides is 1. The first kappa shape index (κ1) is 17.4. The van der Waals surface area contributed by atoms with Gasteiger partial charge in [0.1, 0.15) is 12.1 Å². The van der Waals surface area contributed by atoms with Crippen molar-refractivity contribution in [2.75, 3.05) is 18.4 Å². The van der Waals surface area contributed by atoms with Crippen LogP contribution in [0.25, 0.3) is 10.9 Å². The Morgan fingerprint density at radius 2 is 2.14 bits per heavy atom. The standard InChI is InChI=1S/C20H21ClN6O/c21-12-5-6-15-17(9-12)22-11-23-19(15)24-13-7-8-27(10-13)20(28)18-14-3-1-2-4-16(14)25-26-18/h5-6,9,11,13H,1-4,7-8,10H2,(H,25,26)(H,22,23,24)/t13-/m1/s1. The highest BCUT2D eigenvalue weighted by molar-refractivity contribution is 6.31. The molecule has 8 heteroatoms. The van der Waals surface area contributed by atoms with Crippen LogP contribution in [-0.4, -0.2) is 50.1 Å². The monoisotopic (exact) mass is 396 g/mol. The zero-order valence-electron chi connectivity index (χ0n) is 15.4. The molecule has 2 aromatic heterocycles. The van der Waals surface area contributed by atoms with Gasteiger partial charge in [0.25, 0.3) is 5.91 Å². The van der Waals surface area contributed by atoms with Crippen LogP contribution >= 0.6 is 11.6 Å². The summed E-state index contributed by atoms with van der Waals surface area (Å²) in [7, 11) is 0. The molecule has 0 saturated carbocycles. The number of nitrogens with zero attached hydrogens (tertiary/aromatic N) is 4. The Labute approximate surface area is 167 Å². The summed E-state index contributed by atoms with van der Waals surface area (Å²) in [5.74, 6) is 0.807. The molecule has 3 aromatic rings. The van der Waals surface area contributed by atoms with Crippen LogP contribution in [0.2, 0.25) is 5.02 Å². The molecule has 1 atom stereocenters. The molecule has 7 nitrogen and oxygen atoms in total. The molecule has 0 unspecified atom stereocenters. The Balaban J connectivity index is 1.31. The third kappa shape index (κ3) is 3.09. The second-order valence-corrected chi connectivity index (χ2v) is 7.94. The number of carbonyl (C=O) groups is 1. The molecule has 1 aliphatic heterocycles. The number of rotatable bonds is 3. The summed E-state index contributed by atoms with van der Waals surface area (Å²) in [5, 5.41) is 12.5. The van der Waals surface area contributed by atoms with E-state index in [0.29, 0.717) is 23.8 Å². The van der Waals surface area contributed by atoms with E-state index in [9.17, 15) is 4.79 Å². The SMILES string of the molecule is O=C(c1n[nH]c2c1CCCC2)N1CC[C@@H](Nc2ncnc3cc(Cl)ccc23)C1. The zero-order valence-corrected chi connectivity index (χ0v) is 16.2. The number of aromatic amines is 1. The van der Waals surface area contributed by atoms with Gasteiger partial charge in [-0.1, -0.05) is 11.6 Å². The minimum absolute atomic E-state index is 0.0306. The smallest absolute Gasteiger partial charge is 0.274 e. The second kappa shape index (κ2) is 7.05. The van der Waals surface area contributed by atoms with Crippen LogP contribution in [0.3, 0.4) is 0 Å². The third-order valence-electron chi connectivity index (χ3n) is 5.67. The maximum atomic E-state index is 13.0. The van der Waals surface area contributed by atoms with E-state index in [1.807, 2.05) is 23.1 Å². The van der Waals surface area contributed by atoms with Crippen molar-refractivity contribution in [3.05, 3.63) is 46.5 Å². The average molecular weight is 397 g/mol.